The third-order valence-electron chi connectivity index (χ3n) is 5.33. The molecule has 6 nitrogen and oxygen atoms in total. The van der Waals surface area contributed by atoms with Crippen LogP contribution in [-0.4, -0.2) is 68.0 Å². The minimum absolute atomic E-state index is 0.0637. The number of nitrogens with zero attached hydrogens (tertiary/aromatic N) is 3. The first-order valence-corrected chi connectivity index (χ1v) is 10.1. The van der Waals surface area contributed by atoms with Gasteiger partial charge in [0, 0.05) is 26.7 Å². The lowest BCUT2D eigenvalue weighted by Crippen LogP contribution is -2.46. The maximum Gasteiger partial charge on any atom is 0.243 e. The summed E-state index contributed by atoms with van der Waals surface area (Å²) in [6.07, 6.45) is 2.36. The van der Waals surface area contributed by atoms with E-state index < -0.39 is 0 Å². The first kappa shape index (κ1) is 22.1. The highest BCUT2D eigenvalue weighted by Crippen LogP contribution is 2.17. The summed E-state index contributed by atoms with van der Waals surface area (Å²) >= 11 is 0. The standard InChI is InChI=1S/C21H34FN5O/c1-6-27-11-7-8-18(27)13-23-21(24-14-20(28)26(4)5)25-16(3)17-10-9-15(2)19(22)12-17/h9-10,12,16,18H,6-8,11,13-14H2,1-5H3,(H2,23,24,25). The van der Waals surface area contributed by atoms with E-state index in [0.717, 1.165) is 31.6 Å². The highest BCUT2D eigenvalue weighted by molar-refractivity contribution is 5.85. The molecule has 2 atom stereocenters. The number of carbonyl (C=O) groups is 1. The molecule has 1 aromatic carbocycles. The molecule has 0 saturated carbocycles. The number of guanidine groups is 1. The van der Waals surface area contributed by atoms with Gasteiger partial charge in [0.1, 0.15) is 12.4 Å². The summed E-state index contributed by atoms with van der Waals surface area (Å²) in [7, 11) is 3.43. The molecule has 28 heavy (non-hydrogen) atoms. The molecule has 1 saturated heterocycles. The van der Waals surface area contributed by atoms with Crippen molar-refractivity contribution >= 4 is 11.9 Å². The Morgan fingerprint density at radius 3 is 2.82 bits per heavy atom. The lowest BCUT2D eigenvalue weighted by atomic mass is 10.1. The second-order valence-corrected chi connectivity index (χ2v) is 7.63. The van der Waals surface area contributed by atoms with Gasteiger partial charge in [0.2, 0.25) is 5.91 Å². The summed E-state index contributed by atoms with van der Waals surface area (Å²) in [6, 6.07) is 5.57. The number of nitrogens with one attached hydrogen (secondary N) is 2. The smallest absolute Gasteiger partial charge is 0.243 e. The number of likely N-dealkylation sites (N-methyl/N-ethyl adjacent to an activating group) is 2. The van der Waals surface area contributed by atoms with Crippen LogP contribution in [0.4, 0.5) is 4.39 Å². The molecule has 0 bridgehead atoms. The molecule has 2 N–H and O–H groups in total. The predicted octanol–water partition coefficient (Wildman–Crippen LogP) is 2.30. The first-order chi connectivity index (χ1) is 13.3. The molecule has 1 fully saturated rings. The maximum atomic E-state index is 13.9. The van der Waals surface area contributed by atoms with Crippen molar-refractivity contribution in [2.24, 2.45) is 4.99 Å². The van der Waals surface area contributed by atoms with E-state index in [4.69, 9.17) is 0 Å². The van der Waals surface area contributed by atoms with Gasteiger partial charge in [-0.1, -0.05) is 19.1 Å². The van der Waals surface area contributed by atoms with Gasteiger partial charge in [-0.2, -0.15) is 0 Å². The Morgan fingerprint density at radius 2 is 2.18 bits per heavy atom. The van der Waals surface area contributed by atoms with Crippen LogP contribution < -0.4 is 10.6 Å². The quantitative estimate of drug-likeness (QED) is 0.553. The van der Waals surface area contributed by atoms with E-state index in [2.05, 4.69) is 27.4 Å². The molecule has 0 aliphatic carbocycles. The summed E-state index contributed by atoms with van der Waals surface area (Å²) in [5.41, 5.74) is 1.47. The Hall–Kier alpha value is -2.15. The SMILES string of the molecule is CCN1CCCC1CNC(=NCC(=O)N(C)C)NC(C)c1ccc(C)c(F)c1. The number of hydrogen-bond acceptors (Lipinski definition) is 3. The van der Waals surface area contributed by atoms with Crippen LogP contribution in [-0.2, 0) is 4.79 Å². The van der Waals surface area contributed by atoms with E-state index in [1.54, 1.807) is 33.2 Å². The van der Waals surface area contributed by atoms with Crippen molar-refractivity contribution in [3.8, 4) is 0 Å². The largest absolute Gasteiger partial charge is 0.355 e. The molecule has 0 aromatic heterocycles. The molecule has 1 aromatic rings. The number of hydrogen-bond donors (Lipinski definition) is 2. The average Bonchev–Trinajstić information content (AvgIpc) is 3.13. The van der Waals surface area contributed by atoms with Crippen molar-refractivity contribution in [2.75, 3.05) is 40.3 Å². The Balaban J connectivity index is 2.06. The van der Waals surface area contributed by atoms with Crippen LogP contribution in [0, 0.1) is 12.7 Å². The van der Waals surface area contributed by atoms with E-state index in [1.807, 2.05) is 13.0 Å². The van der Waals surface area contributed by atoms with Gasteiger partial charge in [0.25, 0.3) is 0 Å². The molecule has 1 aliphatic rings. The summed E-state index contributed by atoms with van der Waals surface area (Å²) in [5, 5.41) is 6.69. The summed E-state index contributed by atoms with van der Waals surface area (Å²) in [4.78, 5) is 20.4. The van der Waals surface area contributed by atoms with Gasteiger partial charge in [-0.3, -0.25) is 9.69 Å². The van der Waals surface area contributed by atoms with Crippen LogP contribution in [0.1, 0.15) is 43.9 Å². The summed E-state index contributed by atoms with van der Waals surface area (Å²) in [6.45, 7) is 8.88. The molecule has 156 valence electrons. The predicted molar refractivity (Wildman–Crippen MR) is 112 cm³/mol. The van der Waals surface area contributed by atoms with Gasteiger partial charge in [-0.05, 0) is 57.0 Å². The third-order valence-corrected chi connectivity index (χ3v) is 5.33. The molecule has 7 heteroatoms. The van der Waals surface area contributed by atoms with Gasteiger partial charge in [-0.25, -0.2) is 9.38 Å². The Morgan fingerprint density at radius 1 is 1.43 bits per heavy atom. The topological polar surface area (TPSA) is 60.0 Å². The fourth-order valence-electron chi connectivity index (χ4n) is 3.36. The minimum atomic E-state index is -0.218. The van der Waals surface area contributed by atoms with Gasteiger partial charge in [0.15, 0.2) is 5.96 Å². The Labute approximate surface area is 168 Å². The van der Waals surface area contributed by atoms with Crippen LogP contribution >= 0.6 is 0 Å². The highest BCUT2D eigenvalue weighted by Gasteiger charge is 2.23. The van der Waals surface area contributed by atoms with Crippen molar-refractivity contribution in [3.05, 3.63) is 35.1 Å². The molecule has 2 unspecified atom stereocenters. The fraction of sp³-hybridized carbons (Fsp3) is 0.619. The lowest BCUT2D eigenvalue weighted by Gasteiger charge is -2.25. The van der Waals surface area contributed by atoms with Gasteiger partial charge in [-0.15, -0.1) is 0 Å². The van der Waals surface area contributed by atoms with Crippen molar-refractivity contribution in [2.45, 2.75) is 45.7 Å². The van der Waals surface area contributed by atoms with E-state index in [1.165, 1.54) is 11.3 Å². The van der Waals surface area contributed by atoms with Gasteiger partial charge < -0.3 is 15.5 Å². The monoisotopic (exact) mass is 391 g/mol. The third kappa shape index (κ3) is 6.19. The number of aliphatic imine (C=N–C) groups is 1. The molecule has 0 radical (unpaired) electrons. The zero-order valence-electron chi connectivity index (χ0n) is 17.8. The number of halogens is 1. The number of aryl methyl sites for hydroxylation is 1. The van der Waals surface area contributed by atoms with Crippen molar-refractivity contribution in [1.29, 1.82) is 0 Å². The number of rotatable bonds is 7. The Kier molecular flexibility index (Phi) is 8.23. The van der Waals surface area contributed by atoms with Crippen LogP contribution in [0.5, 0.6) is 0 Å². The van der Waals surface area contributed by atoms with Crippen molar-refractivity contribution < 1.29 is 9.18 Å². The molecular weight excluding hydrogens is 357 g/mol. The average molecular weight is 392 g/mol. The second kappa shape index (κ2) is 10.4. The van der Waals surface area contributed by atoms with Crippen LogP contribution in [0.2, 0.25) is 0 Å². The van der Waals surface area contributed by atoms with Crippen LogP contribution in [0.15, 0.2) is 23.2 Å². The van der Waals surface area contributed by atoms with Crippen molar-refractivity contribution in [1.82, 2.24) is 20.4 Å². The molecular formula is C21H34FN5O. The molecule has 1 amide bonds. The van der Waals surface area contributed by atoms with E-state index >= 15 is 0 Å². The molecule has 1 aliphatic heterocycles. The van der Waals surface area contributed by atoms with E-state index in [-0.39, 0.29) is 24.3 Å². The highest BCUT2D eigenvalue weighted by atomic mass is 19.1. The van der Waals surface area contributed by atoms with E-state index in [0.29, 0.717) is 17.6 Å². The zero-order chi connectivity index (χ0) is 20.7. The maximum absolute atomic E-state index is 13.9. The summed E-state index contributed by atoms with van der Waals surface area (Å²) in [5.74, 6) is 0.294. The van der Waals surface area contributed by atoms with E-state index in [9.17, 15) is 9.18 Å². The molecule has 1 heterocycles. The first-order valence-electron chi connectivity index (χ1n) is 10.1. The number of carbonyl (C=O) groups excluding carboxylic acids is 1. The second-order valence-electron chi connectivity index (χ2n) is 7.63. The minimum Gasteiger partial charge on any atom is -0.355 e. The lowest BCUT2D eigenvalue weighted by molar-refractivity contribution is -0.127. The summed E-state index contributed by atoms with van der Waals surface area (Å²) < 4.78 is 13.9. The molecule has 2 rings (SSSR count). The normalized spacial score (nSPS) is 18.8. The van der Waals surface area contributed by atoms with Crippen LogP contribution in [0.25, 0.3) is 0 Å². The number of benzene rings is 1. The van der Waals surface area contributed by atoms with Gasteiger partial charge >= 0.3 is 0 Å². The van der Waals surface area contributed by atoms with Crippen LogP contribution in [0.3, 0.4) is 0 Å². The Bertz CT molecular complexity index is 691. The van der Waals surface area contributed by atoms with Gasteiger partial charge in [0.05, 0.1) is 6.04 Å². The fourth-order valence-corrected chi connectivity index (χ4v) is 3.36. The van der Waals surface area contributed by atoms with Crippen molar-refractivity contribution in [3.63, 3.8) is 0 Å². The number of likely N-dealkylation sites (tertiary alicyclic amines) is 1. The molecule has 0 spiro atoms. The zero-order valence-corrected chi connectivity index (χ0v) is 17.8. The number of amides is 1.